The molecule has 4 heterocycles. The van der Waals surface area contributed by atoms with E-state index in [1.807, 2.05) is 12.1 Å². The van der Waals surface area contributed by atoms with Crippen LogP contribution in [-0.2, 0) is 24.2 Å². The second-order valence-electron chi connectivity index (χ2n) is 10.3. The van der Waals surface area contributed by atoms with Crippen molar-refractivity contribution in [2.45, 2.75) is 58.1 Å². The van der Waals surface area contributed by atoms with Crippen LogP contribution in [0.4, 0.5) is 0 Å². The SMILES string of the molecule is CC1(C)Cc2cccc(CN3CCC4(CC3)CCN(C(=O)Cc3ccncc3)C4)c2O1. The number of hydrogen-bond donors (Lipinski definition) is 0. The molecule has 0 aliphatic carbocycles. The van der Waals surface area contributed by atoms with Crippen molar-refractivity contribution in [1.82, 2.24) is 14.8 Å². The lowest BCUT2D eigenvalue weighted by molar-refractivity contribution is -0.130. The Morgan fingerprint density at radius 3 is 2.58 bits per heavy atom. The smallest absolute Gasteiger partial charge is 0.227 e. The van der Waals surface area contributed by atoms with Gasteiger partial charge in [-0.15, -0.1) is 0 Å². The Bertz CT molecular complexity index is 948. The van der Waals surface area contributed by atoms with Crippen molar-refractivity contribution in [3.63, 3.8) is 0 Å². The lowest BCUT2D eigenvalue weighted by atomic mass is 9.77. The van der Waals surface area contributed by atoms with Gasteiger partial charge in [0.05, 0.1) is 6.42 Å². The van der Waals surface area contributed by atoms with E-state index in [0.717, 1.165) is 56.9 Å². The Labute approximate surface area is 185 Å². The van der Waals surface area contributed by atoms with Crippen LogP contribution in [0.5, 0.6) is 5.75 Å². The predicted molar refractivity (Wildman–Crippen MR) is 121 cm³/mol. The summed E-state index contributed by atoms with van der Waals surface area (Å²) in [5.41, 5.74) is 3.92. The minimum Gasteiger partial charge on any atom is -0.487 e. The summed E-state index contributed by atoms with van der Waals surface area (Å²) in [6.45, 7) is 9.31. The molecule has 5 nitrogen and oxygen atoms in total. The topological polar surface area (TPSA) is 45.7 Å². The number of amides is 1. The fourth-order valence-electron chi connectivity index (χ4n) is 5.57. The number of ether oxygens (including phenoxy) is 1. The van der Waals surface area contributed by atoms with E-state index in [2.05, 4.69) is 46.8 Å². The van der Waals surface area contributed by atoms with Gasteiger partial charge in [0.15, 0.2) is 0 Å². The van der Waals surface area contributed by atoms with E-state index in [0.29, 0.717) is 11.8 Å². The highest BCUT2D eigenvalue weighted by molar-refractivity contribution is 5.79. The van der Waals surface area contributed by atoms with Gasteiger partial charge in [-0.1, -0.05) is 18.2 Å². The molecule has 0 saturated carbocycles. The molecule has 2 aromatic rings. The second-order valence-corrected chi connectivity index (χ2v) is 10.3. The molecule has 164 valence electrons. The molecule has 0 atom stereocenters. The number of aromatic nitrogens is 1. The lowest BCUT2D eigenvalue weighted by Crippen LogP contribution is -2.42. The molecule has 5 heteroatoms. The van der Waals surface area contributed by atoms with Gasteiger partial charge in [-0.25, -0.2) is 0 Å². The van der Waals surface area contributed by atoms with Gasteiger partial charge in [0.25, 0.3) is 0 Å². The number of rotatable bonds is 4. The van der Waals surface area contributed by atoms with Gasteiger partial charge in [0.1, 0.15) is 11.4 Å². The molecule has 3 aliphatic rings. The summed E-state index contributed by atoms with van der Waals surface area (Å²) in [6, 6.07) is 10.5. The fraction of sp³-hybridized carbons (Fsp3) is 0.538. The van der Waals surface area contributed by atoms with Crippen molar-refractivity contribution in [3.05, 3.63) is 59.4 Å². The average molecular weight is 420 g/mol. The third-order valence-electron chi connectivity index (χ3n) is 7.38. The number of piperidine rings is 1. The van der Waals surface area contributed by atoms with Crippen molar-refractivity contribution in [1.29, 1.82) is 0 Å². The zero-order valence-corrected chi connectivity index (χ0v) is 18.8. The number of fused-ring (bicyclic) bond motifs is 1. The first-order chi connectivity index (χ1) is 14.9. The number of carbonyl (C=O) groups excluding carboxylic acids is 1. The Balaban J connectivity index is 1.16. The van der Waals surface area contributed by atoms with Crippen LogP contribution in [0, 0.1) is 5.41 Å². The minimum atomic E-state index is -0.0967. The molecule has 1 spiro atoms. The molecule has 2 saturated heterocycles. The van der Waals surface area contributed by atoms with Gasteiger partial charge < -0.3 is 9.64 Å². The number of carbonyl (C=O) groups is 1. The Hall–Kier alpha value is -2.40. The third kappa shape index (κ3) is 4.33. The maximum absolute atomic E-state index is 12.8. The Morgan fingerprint density at radius 1 is 1.06 bits per heavy atom. The summed E-state index contributed by atoms with van der Waals surface area (Å²) in [5.74, 6) is 1.37. The highest BCUT2D eigenvalue weighted by Crippen LogP contribution is 2.42. The number of pyridine rings is 1. The molecule has 5 rings (SSSR count). The number of para-hydroxylation sites is 1. The standard InChI is InChI=1S/C26H33N3O2/c1-25(2)17-21-4-3-5-22(24(21)31-25)18-28-13-8-26(9-14-28)10-15-29(19-26)23(30)16-20-6-11-27-12-7-20/h3-7,11-12H,8-10,13-19H2,1-2H3. The lowest BCUT2D eigenvalue weighted by Gasteiger charge is -2.39. The molecule has 1 aromatic carbocycles. The van der Waals surface area contributed by atoms with E-state index in [1.54, 1.807) is 12.4 Å². The summed E-state index contributed by atoms with van der Waals surface area (Å²) in [7, 11) is 0. The fourth-order valence-corrected chi connectivity index (χ4v) is 5.57. The van der Waals surface area contributed by atoms with Crippen LogP contribution >= 0.6 is 0 Å². The maximum Gasteiger partial charge on any atom is 0.227 e. The molecular weight excluding hydrogens is 386 g/mol. The van der Waals surface area contributed by atoms with Gasteiger partial charge in [-0.05, 0) is 74.9 Å². The Morgan fingerprint density at radius 2 is 1.81 bits per heavy atom. The van der Waals surface area contributed by atoms with Crippen molar-refractivity contribution >= 4 is 5.91 Å². The minimum absolute atomic E-state index is 0.0967. The van der Waals surface area contributed by atoms with Gasteiger partial charge in [-0.3, -0.25) is 14.7 Å². The first-order valence-electron chi connectivity index (χ1n) is 11.6. The van der Waals surface area contributed by atoms with Gasteiger partial charge in [-0.2, -0.15) is 0 Å². The van der Waals surface area contributed by atoms with Gasteiger partial charge in [0.2, 0.25) is 5.91 Å². The van der Waals surface area contributed by atoms with Crippen LogP contribution in [0.2, 0.25) is 0 Å². The van der Waals surface area contributed by atoms with E-state index in [-0.39, 0.29) is 11.5 Å². The molecule has 2 fully saturated rings. The van der Waals surface area contributed by atoms with Crippen LogP contribution in [0.25, 0.3) is 0 Å². The second kappa shape index (κ2) is 7.94. The summed E-state index contributed by atoms with van der Waals surface area (Å²) < 4.78 is 6.27. The van der Waals surface area contributed by atoms with Crippen LogP contribution in [0.3, 0.4) is 0 Å². The molecule has 0 bridgehead atoms. The Kier molecular flexibility index (Phi) is 5.25. The van der Waals surface area contributed by atoms with E-state index in [9.17, 15) is 4.79 Å². The molecule has 1 amide bonds. The molecule has 0 radical (unpaired) electrons. The van der Waals surface area contributed by atoms with E-state index >= 15 is 0 Å². The van der Waals surface area contributed by atoms with Crippen LogP contribution < -0.4 is 4.74 Å². The van der Waals surface area contributed by atoms with Crippen LogP contribution in [0.1, 0.15) is 49.8 Å². The average Bonchev–Trinajstić information content (AvgIpc) is 3.31. The van der Waals surface area contributed by atoms with E-state index < -0.39 is 0 Å². The highest BCUT2D eigenvalue weighted by Gasteiger charge is 2.42. The van der Waals surface area contributed by atoms with Gasteiger partial charge >= 0.3 is 0 Å². The molecule has 3 aliphatic heterocycles. The quantitative estimate of drug-likeness (QED) is 0.755. The third-order valence-corrected chi connectivity index (χ3v) is 7.38. The number of hydrogen-bond acceptors (Lipinski definition) is 4. The monoisotopic (exact) mass is 419 g/mol. The van der Waals surface area contributed by atoms with Crippen molar-refractivity contribution < 1.29 is 9.53 Å². The molecular formula is C26H33N3O2. The highest BCUT2D eigenvalue weighted by atomic mass is 16.5. The van der Waals surface area contributed by atoms with E-state index in [1.165, 1.54) is 24.0 Å². The zero-order valence-electron chi connectivity index (χ0n) is 18.8. The summed E-state index contributed by atoms with van der Waals surface area (Å²) >= 11 is 0. The van der Waals surface area contributed by atoms with Crippen molar-refractivity contribution in [2.24, 2.45) is 5.41 Å². The number of nitrogens with zero attached hydrogens (tertiary/aromatic N) is 3. The first kappa shape index (κ1) is 20.5. The maximum atomic E-state index is 12.8. The van der Waals surface area contributed by atoms with Gasteiger partial charge in [0, 0.05) is 44.0 Å². The normalized spacial score (nSPS) is 21.8. The number of likely N-dealkylation sites (tertiary alicyclic amines) is 2. The number of benzene rings is 1. The molecule has 1 aromatic heterocycles. The largest absolute Gasteiger partial charge is 0.487 e. The first-order valence-corrected chi connectivity index (χ1v) is 11.6. The van der Waals surface area contributed by atoms with Crippen LogP contribution in [0.15, 0.2) is 42.7 Å². The predicted octanol–water partition coefficient (Wildman–Crippen LogP) is 3.85. The van der Waals surface area contributed by atoms with Crippen molar-refractivity contribution in [3.8, 4) is 5.75 Å². The molecule has 31 heavy (non-hydrogen) atoms. The molecule has 0 N–H and O–H groups in total. The van der Waals surface area contributed by atoms with Crippen LogP contribution in [-0.4, -0.2) is 52.5 Å². The zero-order chi connectivity index (χ0) is 21.5. The summed E-state index contributed by atoms with van der Waals surface area (Å²) in [5, 5.41) is 0. The summed E-state index contributed by atoms with van der Waals surface area (Å²) in [4.78, 5) is 21.5. The van der Waals surface area contributed by atoms with E-state index in [4.69, 9.17) is 4.74 Å². The van der Waals surface area contributed by atoms with Crippen molar-refractivity contribution in [2.75, 3.05) is 26.2 Å². The molecule has 0 unspecified atom stereocenters. The summed E-state index contributed by atoms with van der Waals surface area (Å²) in [6.07, 6.45) is 8.49.